The fraction of sp³-hybridized carbons (Fsp3) is 0.375. The summed E-state index contributed by atoms with van der Waals surface area (Å²) in [5.41, 5.74) is 0.710. The third-order valence-corrected chi connectivity index (χ3v) is 6.67. The molecule has 4 rings (SSSR count). The number of rotatable bonds is 5. The molecule has 15 heteroatoms. The molecule has 2 fully saturated rings. The minimum Gasteiger partial charge on any atom is -0.407 e. The Balaban J connectivity index is 1.74. The zero-order valence-corrected chi connectivity index (χ0v) is 20.1. The largest absolute Gasteiger partial charge is 0.420 e. The third kappa shape index (κ3) is 5.56. The van der Waals surface area contributed by atoms with Crippen molar-refractivity contribution in [3.8, 4) is 5.75 Å². The van der Waals surface area contributed by atoms with Crippen LogP contribution in [0.5, 0.6) is 5.75 Å². The molecule has 0 radical (unpaired) electrons. The first-order valence-corrected chi connectivity index (χ1v) is 11.5. The number of ether oxygens (including phenoxy) is 1. The van der Waals surface area contributed by atoms with Gasteiger partial charge in [0.1, 0.15) is 11.4 Å². The van der Waals surface area contributed by atoms with Crippen molar-refractivity contribution in [2.24, 2.45) is 11.7 Å². The van der Waals surface area contributed by atoms with Gasteiger partial charge in [0.2, 0.25) is 5.91 Å². The SMILES string of the molecule is CN(C(=O)Oc1c(N2CCN(C3CC(C(N)=O)C3)C2=O)cc(C(F)(F)F)cc1C(F)(F)F)c1ccc(F)cc1. The lowest BCUT2D eigenvalue weighted by Gasteiger charge is -2.39. The van der Waals surface area contributed by atoms with Crippen molar-refractivity contribution in [2.45, 2.75) is 31.2 Å². The van der Waals surface area contributed by atoms with E-state index in [1.54, 1.807) is 0 Å². The van der Waals surface area contributed by atoms with Crippen LogP contribution in [-0.2, 0) is 17.1 Å². The molecule has 0 aromatic heterocycles. The molecule has 0 unspecified atom stereocenters. The van der Waals surface area contributed by atoms with Crippen LogP contribution in [0.3, 0.4) is 0 Å². The number of primary amides is 1. The summed E-state index contributed by atoms with van der Waals surface area (Å²) in [5, 5.41) is 0. The number of benzene rings is 2. The van der Waals surface area contributed by atoms with Crippen LogP contribution in [0.2, 0.25) is 0 Å². The number of hydrogen-bond acceptors (Lipinski definition) is 4. The molecule has 0 atom stereocenters. The molecular weight excluding hydrogens is 541 g/mol. The third-order valence-electron chi connectivity index (χ3n) is 6.67. The standard InChI is InChI=1S/C24H21F7N4O4/c1-33(15-4-2-14(25)3-5-15)22(38)39-19-17(24(29,30)31)10-13(23(26,27)28)11-18(19)35-7-6-34(21(35)37)16-8-12(9-16)20(32)36/h2-5,10-12,16H,6-9H2,1H3,(H2,32,36). The van der Waals surface area contributed by atoms with Gasteiger partial charge in [-0.1, -0.05) is 0 Å². The van der Waals surface area contributed by atoms with E-state index < -0.39 is 70.7 Å². The highest BCUT2D eigenvalue weighted by molar-refractivity contribution is 5.98. The number of anilines is 2. The minimum atomic E-state index is -5.41. The Morgan fingerprint density at radius 2 is 1.62 bits per heavy atom. The van der Waals surface area contributed by atoms with Gasteiger partial charge in [-0.15, -0.1) is 0 Å². The summed E-state index contributed by atoms with van der Waals surface area (Å²) in [7, 11) is 1.10. The molecule has 0 spiro atoms. The maximum Gasteiger partial charge on any atom is 0.420 e. The lowest BCUT2D eigenvalue weighted by atomic mass is 9.79. The molecule has 8 nitrogen and oxygen atoms in total. The number of alkyl halides is 6. The average Bonchev–Trinajstić information content (AvgIpc) is 3.17. The van der Waals surface area contributed by atoms with E-state index in [0.29, 0.717) is 11.0 Å². The number of halogens is 7. The molecule has 1 heterocycles. The van der Waals surface area contributed by atoms with Crippen LogP contribution in [0.4, 0.5) is 51.7 Å². The van der Waals surface area contributed by atoms with Gasteiger partial charge in [-0.05, 0) is 49.2 Å². The molecule has 1 saturated heterocycles. The minimum absolute atomic E-state index is 0.0147. The van der Waals surface area contributed by atoms with E-state index in [1.165, 1.54) is 4.90 Å². The quantitative estimate of drug-likeness (QED) is 0.519. The first kappa shape index (κ1) is 28.0. The first-order chi connectivity index (χ1) is 18.1. The maximum atomic E-state index is 14.0. The number of carbonyl (C=O) groups excluding carboxylic acids is 3. The summed E-state index contributed by atoms with van der Waals surface area (Å²) >= 11 is 0. The predicted molar refractivity (Wildman–Crippen MR) is 122 cm³/mol. The molecule has 0 bridgehead atoms. The summed E-state index contributed by atoms with van der Waals surface area (Å²) in [6, 6.07) is 2.93. The van der Waals surface area contributed by atoms with Crippen molar-refractivity contribution in [3.05, 3.63) is 53.3 Å². The maximum absolute atomic E-state index is 14.0. The highest BCUT2D eigenvalue weighted by Crippen LogP contribution is 2.47. The molecule has 39 heavy (non-hydrogen) atoms. The number of amides is 4. The molecule has 2 aromatic rings. The van der Waals surface area contributed by atoms with Gasteiger partial charge in [0.05, 0.1) is 11.3 Å². The first-order valence-electron chi connectivity index (χ1n) is 11.5. The number of carbonyl (C=O) groups is 3. The van der Waals surface area contributed by atoms with Crippen molar-refractivity contribution < 1.29 is 49.9 Å². The second-order valence-corrected chi connectivity index (χ2v) is 9.12. The molecule has 210 valence electrons. The molecule has 1 aliphatic heterocycles. The van der Waals surface area contributed by atoms with Crippen molar-refractivity contribution in [1.29, 1.82) is 0 Å². The molecule has 2 aromatic carbocycles. The van der Waals surface area contributed by atoms with Crippen LogP contribution in [0, 0.1) is 11.7 Å². The van der Waals surface area contributed by atoms with E-state index in [1.807, 2.05) is 0 Å². The number of nitrogens with two attached hydrogens (primary N) is 1. The second-order valence-electron chi connectivity index (χ2n) is 9.12. The lowest BCUT2D eigenvalue weighted by Crippen LogP contribution is -2.50. The van der Waals surface area contributed by atoms with E-state index in [9.17, 15) is 45.1 Å². The molecule has 2 N–H and O–H groups in total. The molecular formula is C24H21F7N4O4. The van der Waals surface area contributed by atoms with E-state index in [0.717, 1.165) is 36.2 Å². The van der Waals surface area contributed by atoms with E-state index in [2.05, 4.69) is 0 Å². The van der Waals surface area contributed by atoms with Gasteiger partial charge in [0.25, 0.3) is 0 Å². The summed E-state index contributed by atoms with van der Waals surface area (Å²) in [4.78, 5) is 39.9. The van der Waals surface area contributed by atoms with Gasteiger partial charge in [0, 0.05) is 37.8 Å². The topological polar surface area (TPSA) is 96.2 Å². The highest BCUT2D eigenvalue weighted by Gasteiger charge is 2.46. The normalized spacial score (nSPS) is 19.6. The Morgan fingerprint density at radius 3 is 2.15 bits per heavy atom. The van der Waals surface area contributed by atoms with Gasteiger partial charge in [0.15, 0.2) is 5.75 Å². The summed E-state index contributed by atoms with van der Waals surface area (Å²) in [6.07, 6.45) is -11.7. The number of nitrogens with zero attached hydrogens (tertiary/aromatic N) is 3. The zero-order chi connectivity index (χ0) is 28.9. The predicted octanol–water partition coefficient (Wildman–Crippen LogP) is 5.00. The molecule has 4 amide bonds. The Kier molecular flexibility index (Phi) is 7.12. The van der Waals surface area contributed by atoms with Crippen LogP contribution in [0.1, 0.15) is 24.0 Å². The Labute approximate surface area is 216 Å². The van der Waals surface area contributed by atoms with Crippen molar-refractivity contribution in [3.63, 3.8) is 0 Å². The smallest absolute Gasteiger partial charge is 0.407 e. The number of hydrogen-bond donors (Lipinski definition) is 1. The van der Waals surface area contributed by atoms with E-state index in [-0.39, 0.29) is 37.7 Å². The Bertz CT molecular complexity index is 1290. The Hall–Kier alpha value is -4.04. The van der Waals surface area contributed by atoms with Crippen LogP contribution in [0.15, 0.2) is 36.4 Å². The zero-order valence-electron chi connectivity index (χ0n) is 20.1. The molecule has 1 saturated carbocycles. The second kappa shape index (κ2) is 9.93. The van der Waals surface area contributed by atoms with Crippen LogP contribution in [0.25, 0.3) is 0 Å². The van der Waals surface area contributed by atoms with Crippen molar-refractivity contribution in [1.82, 2.24) is 4.90 Å². The van der Waals surface area contributed by atoms with Gasteiger partial charge < -0.3 is 15.4 Å². The summed E-state index contributed by atoms with van der Waals surface area (Å²) in [6.45, 7) is -0.372. The van der Waals surface area contributed by atoms with Crippen molar-refractivity contribution in [2.75, 3.05) is 29.9 Å². The molecule has 1 aliphatic carbocycles. The van der Waals surface area contributed by atoms with Crippen LogP contribution < -0.4 is 20.3 Å². The lowest BCUT2D eigenvalue weighted by molar-refractivity contribution is -0.143. The van der Waals surface area contributed by atoms with E-state index in [4.69, 9.17) is 10.5 Å². The monoisotopic (exact) mass is 562 g/mol. The average molecular weight is 562 g/mol. The van der Waals surface area contributed by atoms with Crippen LogP contribution in [-0.4, -0.2) is 49.1 Å². The van der Waals surface area contributed by atoms with Gasteiger partial charge in [-0.25, -0.2) is 14.0 Å². The van der Waals surface area contributed by atoms with Gasteiger partial charge in [-0.3, -0.25) is 14.6 Å². The van der Waals surface area contributed by atoms with Crippen molar-refractivity contribution >= 4 is 29.4 Å². The summed E-state index contributed by atoms with van der Waals surface area (Å²) < 4.78 is 101. The fourth-order valence-corrected chi connectivity index (χ4v) is 4.41. The Morgan fingerprint density at radius 1 is 1.00 bits per heavy atom. The fourth-order valence-electron chi connectivity index (χ4n) is 4.41. The highest BCUT2D eigenvalue weighted by atomic mass is 19.4. The summed E-state index contributed by atoms with van der Waals surface area (Å²) in [5.74, 6) is -3.04. The van der Waals surface area contributed by atoms with Gasteiger partial charge in [-0.2, -0.15) is 26.3 Å². The van der Waals surface area contributed by atoms with E-state index >= 15 is 0 Å². The molecule has 2 aliphatic rings. The number of urea groups is 1. The van der Waals surface area contributed by atoms with Crippen LogP contribution >= 0.6 is 0 Å². The van der Waals surface area contributed by atoms with Gasteiger partial charge >= 0.3 is 24.5 Å².